The number of amides is 2. The number of unbranched alkanes of at least 4 members (excludes halogenated alkanes) is 1. The zero-order chi connectivity index (χ0) is 26.8. The first-order chi connectivity index (χ1) is 17.8. The molecule has 0 fully saturated rings. The smallest absolute Gasteiger partial charge is 0.261 e. The molecular weight excluding hydrogens is 486 g/mol. The molecule has 0 unspecified atom stereocenters. The Labute approximate surface area is 225 Å². The predicted octanol–water partition coefficient (Wildman–Crippen LogP) is 5.94. The van der Waals surface area contributed by atoms with Gasteiger partial charge in [0.2, 0.25) is 5.91 Å². The average molecular weight is 524 g/mol. The number of hydrogen-bond acceptors (Lipinski definition) is 3. The van der Waals surface area contributed by atoms with Crippen LogP contribution in [-0.2, 0) is 22.7 Å². The topological polar surface area (TPSA) is 54.8 Å². The molecular formula is C30H38ClN3O3. The molecule has 3 rings (SSSR count). The van der Waals surface area contributed by atoms with E-state index < -0.39 is 0 Å². The molecule has 0 radical (unpaired) electrons. The van der Waals surface area contributed by atoms with Crippen molar-refractivity contribution in [1.29, 1.82) is 0 Å². The molecule has 1 aromatic heterocycles. The molecule has 1 heterocycles. The van der Waals surface area contributed by atoms with Gasteiger partial charge in [-0.1, -0.05) is 54.8 Å². The first kappa shape index (κ1) is 28.3. The van der Waals surface area contributed by atoms with E-state index in [0.717, 1.165) is 25.1 Å². The van der Waals surface area contributed by atoms with Crippen LogP contribution in [0.15, 0.2) is 66.9 Å². The number of rotatable bonds is 13. The van der Waals surface area contributed by atoms with E-state index in [2.05, 4.69) is 54.9 Å². The van der Waals surface area contributed by atoms with Gasteiger partial charge in [-0.05, 0) is 69.2 Å². The first-order valence-electron chi connectivity index (χ1n) is 12.9. The van der Waals surface area contributed by atoms with E-state index in [-0.39, 0.29) is 31.0 Å². The Kier molecular flexibility index (Phi) is 10.6. The molecule has 2 aromatic carbocycles. The van der Waals surface area contributed by atoms with E-state index in [0.29, 0.717) is 23.9 Å². The number of aromatic nitrogens is 1. The third-order valence-electron chi connectivity index (χ3n) is 6.27. The Morgan fingerprint density at radius 2 is 1.78 bits per heavy atom. The van der Waals surface area contributed by atoms with Crippen molar-refractivity contribution in [2.24, 2.45) is 0 Å². The van der Waals surface area contributed by atoms with Crippen LogP contribution in [0.4, 0.5) is 0 Å². The van der Waals surface area contributed by atoms with Crippen molar-refractivity contribution in [2.45, 2.75) is 59.7 Å². The van der Waals surface area contributed by atoms with Gasteiger partial charge in [0.25, 0.3) is 5.91 Å². The minimum atomic E-state index is -0.225. The lowest BCUT2D eigenvalue weighted by Crippen LogP contribution is -2.47. The van der Waals surface area contributed by atoms with E-state index >= 15 is 0 Å². The van der Waals surface area contributed by atoms with Crippen LogP contribution in [0.1, 0.15) is 50.4 Å². The molecule has 0 aliphatic rings. The lowest BCUT2D eigenvalue weighted by Gasteiger charge is -2.30. The number of benzene rings is 2. The number of nitrogens with zero attached hydrogens (tertiary/aromatic N) is 3. The first-order valence-corrected chi connectivity index (χ1v) is 13.3. The van der Waals surface area contributed by atoms with Gasteiger partial charge in [-0.3, -0.25) is 9.59 Å². The van der Waals surface area contributed by atoms with E-state index in [9.17, 15) is 9.59 Å². The van der Waals surface area contributed by atoms with Gasteiger partial charge < -0.3 is 19.1 Å². The van der Waals surface area contributed by atoms with E-state index in [1.54, 1.807) is 29.2 Å². The van der Waals surface area contributed by atoms with Crippen LogP contribution in [0, 0.1) is 6.92 Å². The second-order valence-electron chi connectivity index (χ2n) is 9.64. The molecule has 0 saturated carbocycles. The fraction of sp³-hybridized carbons (Fsp3) is 0.400. The highest BCUT2D eigenvalue weighted by molar-refractivity contribution is 6.30. The van der Waals surface area contributed by atoms with Gasteiger partial charge in [0.05, 0.1) is 6.54 Å². The van der Waals surface area contributed by atoms with Gasteiger partial charge in [-0.15, -0.1) is 0 Å². The highest BCUT2D eigenvalue weighted by Gasteiger charge is 2.24. The SMILES string of the molecule is CCCCN(Cc1cccn1Cc1cccc(C)c1)C(=O)CN(C(=O)COc1ccc(Cl)cc1)C(C)C. The number of hydrogen-bond donors (Lipinski definition) is 0. The van der Waals surface area contributed by atoms with Gasteiger partial charge in [-0.2, -0.15) is 0 Å². The standard InChI is InChI=1S/C30H38ClN3O3/c1-5-6-16-33(20-27-11-8-17-32(27)19-25-10-7-9-24(4)18-25)29(35)21-34(23(2)3)30(36)22-37-28-14-12-26(31)13-15-28/h7-15,17-18,23H,5-6,16,19-22H2,1-4H3. The molecule has 37 heavy (non-hydrogen) atoms. The third kappa shape index (κ3) is 8.67. The minimum Gasteiger partial charge on any atom is -0.484 e. The Morgan fingerprint density at radius 1 is 1.03 bits per heavy atom. The van der Waals surface area contributed by atoms with Crippen LogP contribution in [-0.4, -0.2) is 51.9 Å². The molecule has 7 heteroatoms. The lowest BCUT2D eigenvalue weighted by atomic mass is 10.1. The van der Waals surface area contributed by atoms with Crippen molar-refractivity contribution in [2.75, 3.05) is 19.7 Å². The number of carbonyl (C=O) groups is 2. The molecule has 0 bridgehead atoms. The Hall–Kier alpha value is -3.25. The number of ether oxygens (including phenoxy) is 1. The monoisotopic (exact) mass is 523 g/mol. The normalized spacial score (nSPS) is 11.0. The summed E-state index contributed by atoms with van der Waals surface area (Å²) in [6.45, 7) is 9.80. The van der Waals surface area contributed by atoms with Gasteiger partial charge in [-0.25, -0.2) is 0 Å². The van der Waals surface area contributed by atoms with Crippen LogP contribution in [0.3, 0.4) is 0 Å². The summed E-state index contributed by atoms with van der Waals surface area (Å²) in [5.41, 5.74) is 3.52. The minimum absolute atomic E-state index is 0.0166. The predicted molar refractivity (Wildman–Crippen MR) is 149 cm³/mol. The van der Waals surface area contributed by atoms with Crippen LogP contribution >= 0.6 is 11.6 Å². The fourth-order valence-electron chi connectivity index (χ4n) is 4.15. The zero-order valence-electron chi connectivity index (χ0n) is 22.3. The maximum Gasteiger partial charge on any atom is 0.261 e. The zero-order valence-corrected chi connectivity index (χ0v) is 23.1. The highest BCUT2D eigenvalue weighted by Crippen LogP contribution is 2.16. The summed E-state index contributed by atoms with van der Waals surface area (Å²) >= 11 is 5.92. The molecule has 198 valence electrons. The highest BCUT2D eigenvalue weighted by atomic mass is 35.5. The van der Waals surface area contributed by atoms with Crippen molar-refractivity contribution in [3.63, 3.8) is 0 Å². The number of halogens is 1. The van der Waals surface area contributed by atoms with Crippen molar-refractivity contribution in [3.8, 4) is 5.75 Å². The molecule has 0 atom stereocenters. The molecule has 0 saturated heterocycles. The van der Waals surface area contributed by atoms with E-state index in [1.165, 1.54) is 11.1 Å². The van der Waals surface area contributed by atoms with Crippen LogP contribution in [0.25, 0.3) is 0 Å². The maximum atomic E-state index is 13.5. The van der Waals surface area contributed by atoms with Crippen molar-refractivity contribution < 1.29 is 14.3 Å². The summed E-state index contributed by atoms with van der Waals surface area (Å²) in [6, 6.07) is 19.3. The van der Waals surface area contributed by atoms with Crippen molar-refractivity contribution in [1.82, 2.24) is 14.4 Å². The molecule has 6 nitrogen and oxygen atoms in total. The van der Waals surface area contributed by atoms with Crippen molar-refractivity contribution >= 4 is 23.4 Å². The Morgan fingerprint density at radius 3 is 2.46 bits per heavy atom. The summed E-state index contributed by atoms with van der Waals surface area (Å²) in [5, 5.41) is 0.602. The molecule has 2 amide bonds. The second-order valence-corrected chi connectivity index (χ2v) is 10.1. The average Bonchev–Trinajstić information content (AvgIpc) is 3.30. The maximum absolute atomic E-state index is 13.5. The lowest BCUT2D eigenvalue weighted by molar-refractivity contribution is -0.143. The molecule has 0 spiro atoms. The van der Waals surface area contributed by atoms with Gasteiger partial charge in [0.15, 0.2) is 6.61 Å². The van der Waals surface area contributed by atoms with E-state index in [4.69, 9.17) is 16.3 Å². The van der Waals surface area contributed by atoms with Gasteiger partial charge in [0, 0.05) is 36.0 Å². The van der Waals surface area contributed by atoms with Gasteiger partial charge >= 0.3 is 0 Å². The Bertz CT molecular complexity index is 1160. The third-order valence-corrected chi connectivity index (χ3v) is 6.52. The van der Waals surface area contributed by atoms with E-state index in [1.807, 2.05) is 24.8 Å². The summed E-state index contributed by atoms with van der Waals surface area (Å²) < 4.78 is 7.84. The molecule has 0 N–H and O–H groups in total. The largest absolute Gasteiger partial charge is 0.484 e. The Balaban J connectivity index is 1.67. The number of carbonyl (C=O) groups excluding carboxylic acids is 2. The van der Waals surface area contributed by atoms with Gasteiger partial charge in [0.1, 0.15) is 12.3 Å². The summed E-state index contributed by atoms with van der Waals surface area (Å²) in [6.07, 6.45) is 3.94. The summed E-state index contributed by atoms with van der Waals surface area (Å²) in [5.74, 6) is 0.272. The number of aryl methyl sites for hydroxylation is 1. The van der Waals surface area contributed by atoms with Crippen molar-refractivity contribution in [3.05, 3.63) is 88.7 Å². The van der Waals surface area contributed by atoms with Crippen LogP contribution in [0.5, 0.6) is 5.75 Å². The van der Waals surface area contributed by atoms with Crippen LogP contribution in [0.2, 0.25) is 5.02 Å². The summed E-state index contributed by atoms with van der Waals surface area (Å²) in [7, 11) is 0. The molecule has 3 aromatic rings. The second kappa shape index (κ2) is 13.9. The van der Waals surface area contributed by atoms with Crippen LogP contribution < -0.4 is 4.74 Å². The molecule has 0 aliphatic carbocycles. The molecule has 0 aliphatic heterocycles. The fourth-order valence-corrected chi connectivity index (χ4v) is 4.28. The summed E-state index contributed by atoms with van der Waals surface area (Å²) in [4.78, 5) is 29.9. The quantitative estimate of drug-likeness (QED) is 0.278.